The van der Waals surface area contributed by atoms with E-state index in [4.69, 9.17) is 4.74 Å². The number of phenols is 1. The lowest BCUT2D eigenvalue weighted by Crippen LogP contribution is -2.52. The minimum atomic E-state index is 0.339. The number of aliphatic imine (C=N–C) groups is 1. The Kier molecular flexibility index (Phi) is 7.14. The van der Waals surface area contributed by atoms with Gasteiger partial charge in [-0.3, -0.25) is 4.99 Å². The van der Waals surface area contributed by atoms with Crippen molar-refractivity contribution >= 4 is 11.6 Å². The second kappa shape index (κ2) is 9.99. The summed E-state index contributed by atoms with van der Waals surface area (Å²) >= 11 is 0. The van der Waals surface area contributed by atoms with Gasteiger partial charge < -0.3 is 25.0 Å². The zero-order valence-electron chi connectivity index (χ0n) is 16.8. The van der Waals surface area contributed by atoms with Crippen LogP contribution in [-0.2, 0) is 17.9 Å². The fraction of sp³-hybridized carbons (Fsp3) is 0.409. The van der Waals surface area contributed by atoms with E-state index in [9.17, 15) is 5.11 Å². The van der Waals surface area contributed by atoms with Gasteiger partial charge in [0, 0.05) is 46.4 Å². The van der Waals surface area contributed by atoms with Gasteiger partial charge in [0.1, 0.15) is 5.75 Å². The molecule has 3 rings (SSSR count). The number of piperazine rings is 1. The quantitative estimate of drug-likeness (QED) is 0.594. The molecule has 2 aromatic carbocycles. The lowest BCUT2D eigenvalue weighted by atomic mass is 10.1. The molecule has 1 fully saturated rings. The van der Waals surface area contributed by atoms with E-state index in [-0.39, 0.29) is 0 Å². The monoisotopic (exact) mass is 382 g/mol. The molecule has 0 aliphatic carbocycles. The van der Waals surface area contributed by atoms with Crippen LogP contribution in [0.15, 0.2) is 53.5 Å². The number of para-hydroxylation sites is 2. The molecule has 1 aliphatic heterocycles. The van der Waals surface area contributed by atoms with Gasteiger partial charge >= 0.3 is 0 Å². The fourth-order valence-electron chi connectivity index (χ4n) is 3.38. The number of anilines is 1. The number of aromatic hydroxyl groups is 1. The molecule has 0 atom stereocenters. The molecule has 28 heavy (non-hydrogen) atoms. The van der Waals surface area contributed by atoms with E-state index in [1.165, 1.54) is 11.1 Å². The average molecular weight is 383 g/mol. The third-order valence-electron chi connectivity index (χ3n) is 4.96. The standard InChI is InChI=1S/C22H30N4O2/c1-3-28-17-19-10-8-18(9-11-19)16-24-22(23-2)26-14-12-25(13-15-26)20-6-4-5-7-21(20)27/h4-11,27H,3,12-17H2,1-2H3,(H,23,24). The van der Waals surface area contributed by atoms with E-state index < -0.39 is 0 Å². The topological polar surface area (TPSA) is 60.3 Å². The van der Waals surface area contributed by atoms with Crippen LogP contribution < -0.4 is 10.2 Å². The zero-order valence-corrected chi connectivity index (χ0v) is 16.8. The van der Waals surface area contributed by atoms with Crippen molar-refractivity contribution in [2.75, 3.05) is 44.7 Å². The number of hydrogen-bond donors (Lipinski definition) is 2. The zero-order chi connectivity index (χ0) is 19.8. The highest BCUT2D eigenvalue weighted by Gasteiger charge is 2.21. The van der Waals surface area contributed by atoms with Crippen molar-refractivity contribution in [1.82, 2.24) is 10.2 Å². The first-order valence-corrected chi connectivity index (χ1v) is 9.85. The summed E-state index contributed by atoms with van der Waals surface area (Å²) in [6, 6.07) is 16.0. The number of ether oxygens (including phenoxy) is 1. The van der Waals surface area contributed by atoms with Gasteiger partial charge in [-0.05, 0) is 30.2 Å². The molecule has 0 saturated carbocycles. The Hall–Kier alpha value is -2.73. The van der Waals surface area contributed by atoms with E-state index in [2.05, 4.69) is 44.4 Å². The maximum absolute atomic E-state index is 10.1. The molecule has 0 spiro atoms. The SMILES string of the molecule is CCOCc1ccc(CNC(=NC)N2CCN(c3ccccc3O)CC2)cc1. The molecule has 0 unspecified atom stereocenters. The fourth-order valence-corrected chi connectivity index (χ4v) is 3.38. The van der Waals surface area contributed by atoms with Crippen molar-refractivity contribution in [1.29, 1.82) is 0 Å². The summed E-state index contributed by atoms with van der Waals surface area (Å²) in [6.07, 6.45) is 0. The molecule has 2 N–H and O–H groups in total. The largest absolute Gasteiger partial charge is 0.506 e. The van der Waals surface area contributed by atoms with Crippen molar-refractivity contribution in [3.05, 3.63) is 59.7 Å². The number of benzene rings is 2. The summed E-state index contributed by atoms with van der Waals surface area (Å²) in [7, 11) is 1.82. The first-order valence-electron chi connectivity index (χ1n) is 9.85. The molecule has 1 aliphatic rings. The minimum Gasteiger partial charge on any atom is -0.506 e. The smallest absolute Gasteiger partial charge is 0.194 e. The van der Waals surface area contributed by atoms with Gasteiger partial charge in [0.2, 0.25) is 0 Å². The Morgan fingerprint density at radius 3 is 2.36 bits per heavy atom. The van der Waals surface area contributed by atoms with E-state index in [0.717, 1.165) is 51.0 Å². The molecular weight excluding hydrogens is 352 g/mol. The van der Waals surface area contributed by atoms with Crippen molar-refractivity contribution in [2.45, 2.75) is 20.1 Å². The maximum atomic E-state index is 10.1. The van der Waals surface area contributed by atoms with Crippen LogP contribution in [0, 0.1) is 0 Å². The Labute approximate surface area is 167 Å². The lowest BCUT2D eigenvalue weighted by Gasteiger charge is -2.37. The van der Waals surface area contributed by atoms with Gasteiger partial charge in [0.05, 0.1) is 12.3 Å². The molecule has 1 heterocycles. The molecule has 1 saturated heterocycles. The van der Waals surface area contributed by atoms with E-state index >= 15 is 0 Å². The predicted octanol–water partition coefficient (Wildman–Crippen LogP) is 2.83. The van der Waals surface area contributed by atoms with Crippen LogP contribution in [0.5, 0.6) is 5.75 Å². The molecule has 0 amide bonds. The van der Waals surface area contributed by atoms with Gasteiger partial charge in [0.25, 0.3) is 0 Å². The van der Waals surface area contributed by atoms with Crippen LogP contribution >= 0.6 is 0 Å². The van der Waals surface area contributed by atoms with Gasteiger partial charge in [-0.2, -0.15) is 0 Å². The highest BCUT2D eigenvalue weighted by atomic mass is 16.5. The molecule has 6 heteroatoms. The Morgan fingerprint density at radius 2 is 1.71 bits per heavy atom. The molecule has 150 valence electrons. The lowest BCUT2D eigenvalue weighted by molar-refractivity contribution is 0.134. The third-order valence-corrected chi connectivity index (χ3v) is 4.96. The Balaban J connectivity index is 1.50. The van der Waals surface area contributed by atoms with Crippen LogP contribution in [0.4, 0.5) is 5.69 Å². The van der Waals surface area contributed by atoms with Crippen molar-refractivity contribution < 1.29 is 9.84 Å². The summed E-state index contributed by atoms with van der Waals surface area (Å²) in [5.74, 6) is 1.25. The van der Waals surface area contributed by atoms with Gasteiger partial charge in [-0.15, -0.1) is 0 Å². The van der Waals surface area contributed by atoms with Crippen LogP contribution in [0.25, 0.3) is 0 Å². The van der Waals surface area contributed by atoms with Crippen LogP contribution in [-0.4, -0.2) is 55.8 Å². The molecule has 0 aromatic heterocycles. The first kappa shape index (κ1) is 20.0. The number of hydrogen-bond acceptors (Lipinski definition) is 4. The molecule has 6 nitrogen and oxygen atoms in total. The summed E-state index contributed by atoms with van der Waals surface area (Å²) in [6.45, 7) is 7.56. The summed E-state index contributed by atoms with van der Waals surface area (Å²) < 4.78 is 5.44. The minimum absolute atomic E-state index is 0.339. The number of guanidine groups is 1. The van der Waals surface area contributed by atoms with Crippen molar-refractivity contribution in [3.63, 3.8) is 0 Å². The highest BCUT2D eigenvalue weighted by Crippen LogP contribution is 2.27. The van der Waals surface area contributed by atoms with E-state index in [0.29, 0.717) is 12.4 Å². The summed E-state index contributed by atoms with van der Waals surface area (Å²) in [5.41, 5.74) is 3.31. The normalized spacial score (nSPS) is 15.0. The van der Waals surface area contributed by atoms with Gasteiger partial charge in [-0.1, -0.05) is 36.4 Å². The second-order valence-electron chi connectivity index (χ2n) is 6.82. The van der Waals surface area contributed by atoms with E-state index in [1.807, 2.05) is 32.2 Å². The maximum Gasteiger partial charge on any atom is 0.194 e. The second-order valence-corrected chi connectivity index (χ2v) is 6.82. The molecule has 2 aromatic rings. The van der Waals surface area contributed by atoms with Crippen LogP contribution in [0.1, 0.15) is 18.1 Å². The number of nitrogens with zero attached hydrogens (tertiary/aromatic N) is 3. The average Bonchev–Trinajstić information content (AvgIpc) is 2.74. The number of nitrogens with one attached hydrogen (secondary N) is 1. The van der Waals surface area contributed by atoms with E-state index in [1.54, 1.807) is 6.07 Å². The van der Waals surface area contributed by atoms with Crippen LogP contribution in [0.3, 0.4) is 0 Å². The summed E-state index contributed by atoms with van der Waals surface area (Å²) in [4.78, 5) is 8.93. The van der Waals surface area contributed by atoms with Gasteiger partial charge in [0.15, 0.2) is 5.96 Å². The van der Waals surface area contributed by atoms with Gasteiger partial charge in [-0.25, -0.2) is 0 Å². The first-order chi connectivity index (χ1) is 13.7. The predicted molar refractivity (Wildman–Crippen MR) is 114 cm³/mol. The van der Waals surface area contributed by atoms with Crippen molar-refractivity contribution in [3.8, 4) is 5.75 Å². The third kappa shape index (κ3) is 5.16. The molecular formula is C22H30N4O2. The Morgan fingerprint density at radius 1 is 1.04 bits per heavy atom. The Bertz CT molecular complexity index is 768. The highest BCUT2D eigenvalue weighted by molar-refractivity contribution is 5.80. The summed E-state index contributed by atoms with van der Waals surface area (Å²) in [5, 5.41) is 13.5. The number of rotatable bonds is 6. The van der Waals surface area contributed by atoms with Crippen LogP contribution in [0.2, 0.25) is 0 Å². The molecule has 0 radical (unpaired) electrons. The number of phenolic OH excluding ortho intramolecular Hbond substituents is 1. The molecule has 0 bridgehead atoms. The van der Waals surface area contributed by atoms with Crippen molar-refractivity contribution in [2.24, 2.45) is 4.99 Å².